The summed E-state index contributed by atoms with van der Waals surface area (Å²) in [6.45, 7) is 1.79. The number of anilines is 1. The monoisotopic (exact) mass is 785 g/mol. The molecule has 0 radical (unpaired) electrons. The molecule has 4 aromatic rings. The van der Waals surface area contributed by atoms with E-state index in [4.69, 9.17) is 25.8 Å². The summed E-state index contributed by atoms with van der Waals surface area (Å²) in [5, 5.41) is 3.22. The van der Waals surface area contributed by atoms with Crippen LogP contribution in [0, 0.1) is 0 Å². The molecule has 0 unspecified atom stereocenters. The first-order valence-corrected chi connectivity index (χ1v) is 18.6. The van der Waals surface area contributed by atoms with Gasteiger partial charge >= 0.3 is 0 Å². The van der Waals surface area contributed by atoms with Crippen molar-refractivity contribution in [1.29, 1.82) is 0 Å². The van der Waals surface area contributed by atoms with Crippen molar-refractivity contribution in [1.82, 2.24) is 10.2 Å². The van der Waals surface area contributed by atoms with Crippen LogP contribution in [0.5, 0.6) is 17.2 Å². The molecule has 10 nitrogen and oxygen atoms in total. The maximum Gasteiger partial charge on any atom is 0.265 e. The number of hydrogen-bond donors (Lipinski definition) is 1. The van der Waals surface area contributed by atoms with Crippen LogP contribution in [-0.4, -0.2) is 65.6 Å². The Morgan fingerprint density at radius 1 is 0.840 bits per heavy atom. The standard InChI is InChI=1S/C37H41BrClN3O7S/c1-5-6-19-40-37(44)32(21-26-11-8-7-9-12-26)41(24-27-13-10-14-28(38)20-27)36(43)25-42(31-22-29(39)15-17-33(31)47-2)50(45,46)30-16-18-34(48-3)35(23-30)49-4/h7-18,20,22-23,32H,5-6,19,21,24-25H2,1-4H3,(H,40,44)/t32-/m0/s1. The molecule has 1 atom stereocenters. The molecule has 0 aliphatic carbocycles. The number of methoxy groups -OCH3 is 3. The van der Waals surface area contributed by atoms with Gasteiger partial charge in [0.2, 0.25) is 11.8 Å². The van der Waals surface area contributed by atoms with Gasteiger partial charge < -0.3 is 24.4 Å². The molecule has 0 aliphatic rings. The number of nitrogens with one attached hydrogen (secondary N) is 1. The first-order valence-electron chi connectivity index (χ1n) is 16.0. The third kappa shape index (κ3) is 9.70. The summed E-state index contributed by atoms with van der Waals surface area (Å²) in [5.74, 6) is -0.292. The number of halogens is 2. The van der Waals surface area contributed by atoms with Crippen LogP contribution in [0.3, 0.4) is 0 Å². The smallest absolute Gasteiger partial charge is 0.265 e. The van der Waals surface area contributed by atoms with Crippen LogP contribution in [0.15, 0.2) is 100 Å². The summed E-state index contributed by atoms with van der Waals surface area (Å²) in [7, 11) is -0.254. The first-order chi connectivity index (χ1) is 24.0. The Balaban J connectivity index is 1.87. The molecule has 266 valence electrons. The van der Waals surface area contributed by atoms with Crippen LogP contribution < -0.4 is 23.8 Å². The van der Waals surface area contributed by atoms with Crippen molar-refractivity contribution in [3.05, 3.63) is 112 Å². The van der Waals surface area contributed by atoms with Crippen LogP contribution in [0.4, 0.5) is 5.69 Å². The highest BCUT2D eigenvalue weighted by Crippen LogP contribution is 2.37. The van der Waals surface area contributed by atoms with E-state index in [1.165, 1.54) is 56.6 Å². The number of amides is 2. The zero-order valence-electron chi connectivity index (χ0n) is 28.4. The van der Waals surface area contributed by atoms with Crippen LogP contribution >= 0.6 is 27.5 Å². The molecule has 0 saturated carbocycles. The minimum Gasteiger partial charge on any atom is -0.495 e. The van der Waals surface area contributed by atoms with Gasteiger partial charge in [0, 0.05) is 35.1 Å². The highest BCUT2D eigenvalue weighted by atomic mass is 79.9. The second kappa shape index (κ2) is 18.1. The summed E-state index contributed by atoms with van der Waals surface area (Å²) in [6, 6.07) is 24.5. The molecule has 13 heteroatoms. The van der Waals surface area contributed by atoms with Gasteiger partial charge in [0.15, 0.2) is 11.5 Å². The van der Waals surface area contributed by atoms with Crippen molar-refractivity contribution < 1.29 is 32.2 Å². The fourth-order valence-corrected chi connectivity index (χ4v) is 7.41. The van der Waals surface area contributed by atoms with E-state index in [1.807, 2.05) is 61.5 Å². The van der Waals surface area contributed by atoms with Gasteiger partial charge in [-0.05, 0) is 60.0 Å². The molecule has 0 aliphatic heterocycles. The SMILES string of the molecule is CCCCNC(=O)[C@H](Cc1ccccc1)N(Cc1cccc(Br)c1)C(=O)CN(c1cc(Cl)ccc1OC)S(=O)(=O)c1ccc(OC)c(OC)c1. The van der Waals surface area contributed by atoms with Gasteiger partial charge in [-0.25, -0.2) is 8.42 Å². The van der Waals surface area contributed by atoms with Crippen molar-refractivity contribution in [2.24, 2.45) is 0 Å². The second-order valence-electron chi connectivity index (χ2n) is 11.3. The van der Waals surface area contributed by atoms with Crippen LogP contribution in [0.25, 0.3) is 0 Å². The topological polar surface area (TPSA) is 114 Å². The zero-order chi connectivity index (χ0) is 36.3. The maximum atomic E-state index is 14.8. The molecular weight excluding hydrogens is 746 g/mol. The Kier molecular flexibility index (Phi) is 14.0. The van der Waals surface area contributed by atoms with Gasteiger partial charge in [-0.3, -0.25) is 13.9 Å². The lowest BCUT2D eigenvalue weighted by molar-refractivity contribution is -0.140. The molecule has 0 heterocycles. The molecule has 50 heavy (non-hydrogen) atoms. The summed E-state index contributed by atoms with van der Waals surface area (Å²) >= 11 is 9.90. The van der Waals surface area contributed by atoms with Gasteiger partial charge in [-0.1, -0.05) is 83.3 Å². The van der Waals surface area contributed by atoms with E-state index in [0.29, 0.717) is 12.3 Å². The average molecular weight is 787 g/mol. The average Bonchev–Trinajstić information content (AvgIpc) is 3.12. The number of carbonyl (C=O) groups excluding carboxylic acids is 2. The minimum atomic E-state index is -4.49. The molecule has 0 fully saturated rings. The van der Waals surface area contributed by atoms with E-state index in [-0.39, 0.29) is 46.0 Å². The fraction of sp³-hybridized carbons (Fsp3) is 0.297. The molecule has 4 rings (SSSR count). The second-order valence-corrected chi connectivity index (χ2v) is 14.6. The Morgan fingerprint density at radius 3 is 2.18 bits per heavy atom. The van der Waals surface area contributed by atoms with E-state index in [9.17, 15) is 18.0 Å². The van der Waals surface area contributed by atoms with Gasteiger partial charge in [0.25, 0.3) is 10.0 Å². The number of unbranched alkanes of at least 4 members (excludes halogenated alkanes) is 1. The molecule has 0 saturated heterocycles. The number of sulfonamides is 1. The quantitative estimate of drug-likeness (QED) is 0.116. The Bertz CT molecular complexity index is 1880. The molecule has 0 spiro atoms. The number of hydrogen-bond acceptors (Lipinski definition) is 7. The van der Waals surface area contributed by atoms with E-state index >= 15 is 0 Å². The van der Waals surface area contributed by atoms with Crippen molar-refractivity contribution >= 4 is 55.1 Å². The van der Waals surface area contributed by atoms with E-state index in [1.54, 1.807) is 6.07 Å². The van der Waals surface area contributed by atoms with Gasteiger partial charge in [0.1, 0.15) is 18.3 Å². The number of carbonyl (C=O) groups is 2. The van der Waals surface area contributed by atoms with E-state index in [0.717, 1.165) is 32.7 Å². The largest absolute Gasteiger partial charge is 0.495 e. The Morgan fingerprint density at radius 2 is 1.52 bits per heavy atom. The van der Waals surface area contributed by atoms with Crippen LogP contribution in [0.2, 0.25) is 5.02 Å². The first kappa shape index (κ1) is 38.5. The molecule has 0 aromatic heterocycles. The predicted octanol–water partition coefficient (Wildman–Crippen LogP) is 6.88. The van der Waals surface area contributed by atoms with Crippen molar-refractivity contribution in [3.63, 3.8) is 0 Å². The third-order valence-electron chi connectivity index (χ3n) is 7.97. The van der Waals surface area contributed by atoms with Gasteiger partial charge in [-0.2, -0.15) is 0 Å². The summed E-state index contributed by atoms with van der Waals surface area (Å²) < 4.78 is 47.2. The third-order valence-corrected chi connectivity index (χ3v) is 10.5. The number of benzene rings is 4. The van der Waals surface area contributed by atoms with Crippen LogP contribution in [0.1, 0.15) is 30.9 Å². The predicted molar refractivity (Wildman–Crippen MR) is 199 cm³/mol. The van der Waals surface area contributed by atoms with E-state index in [2.05, 4.69) is 21.2 Å². The molecule has 4 aromatic carbocycles. The highest BCUT2D eigenvalue weighted by Gasteiger charge is 2.36. The fourth-order valence-electron chi connectivity index (χ4n) is 5.37. The normalized spacial score (nSPS) is 11.7. The number of ether oxygens (including phenoxy) is 3. The Hall–Kier alpha value is -4.26. The summed E-state index contributed by atoms with van der Waals surface area (Å²) in [5.41, 5.74) is 1.61. The lowest BCUT2D eigenvalue weighted by Gasteiger charge is -2.34. The lowest BCUT2D eigenvalue weighted by Crippen LogP contribution is -2.53. The highest BCUT2D eigenvalue weighted by molar-refractivity contribution is 9.10. The summed E-state index contributed by atoms with van der Waals surface area (Å²) in [6.07, 6.45) is 1.82. The molecular formula is C37H41BrClN3O7S. The minimum absolute atomic E-state index is 0.0217. The molecule has 2 amide bonds. The van der Waals surface area contributed by atoms with Crippen molar-refractivity contribution in [2.45, 2.75) is 43.7 Å². The van der Waals surface area contributed by atoms with Gasteiger partial charge in [-0.15, -0.1) is 0 Å². The number of nitrogens with zero attached hydrogens (tertiary/aromatic N) is 2. The van der Waals surface area contributed by atoms with Gasteiger partial charge in [0.05, 0.1) is 31.9 Å². The molecule has 1 N–H and O–H groups in total. The van der Waals surface area contributed by atoms with Crippen molar-refractivity contribution in [3.8, 4) is 17.2 Å². The molecule has 0 bridgehead atoms. The number of rotatable bonds is 17. The Labute approximate surface area is 307 Å². The van der Waals surface area contributed by atoms with Crippen molar-refractivity contribution in [2.75, 3.05) is 38.7 Å². The maximum absolute atomic E-state index is 14.8. The summed E-state index contributed by atoms with van der Waals surface area (Å²) in [4.78, 5) is 30.0. The lowest BCUT2D eigenvalue weighted by atomic mass is 10.0. The van der Waals surface area contributed by atoms with E-state index < -0.39 is 28.5 Å². The van der Waals surface area contributed by atoms with Crippen LogP contribution in [-0.2, 0) is 32.6 Å². The zero-order valence-corrected chi connectivity index (χ0v) is 31.6.